The van der Waals surface area contributed by atoms with Gasteiger partial charge in [-0.15, -0.1) is 0 Å². The van der Waals surface area contributed by atoms with Crippen LogP contribution in [-0.2, 0) is 0 Å². The number of methoxy groups -OCH3 is 3. The molecule has 0 saturated carbocycles. The topological polar surface area (TPSA) is 72.9 Å². The van der Waals surface area contributed by atoms with Gasteiger partial charge in [-0.2, -0.15) is 0 Å². The van der Waals surface area contributed by atoms with Gasteiger partial charge in [-0.25, -0.2) is 4.98 Å². The Balaban J connectivity index is 1.76. The van der Waals surface area contributed by atoms with Crippen molar-refractivity contribution in [2.75, 3.05) is 38.1 Å². The Hall–Kier alpha value is -2.96. The van der Waals surface area contributed by atoms with Gasteiger partial charge in [0.15, 0.2) is 11.5 Å². The van der Waals surface area contributed by atoms with E-state index in [9.17, 15) is 4.79 Å². The van der Waals surface area contributed by atoms with Crippen LogP contribution in [0.25, 0.3) is 0 Å². The van der Waals surface area contributed by atoms with E-state index in [4.69, 9.17) is 14.2 Å². The average Bonchev–Trinajstić information content (AvgIpc) is 2.78. The molecule has 156 valence electrons. The van der Waals surface area contributed by atoms with E-state index in [0.29, 0.717) is 34.7 Å². The van der Waals surface area contributed by atoms with E-state index < -0.39 is 0 Å². The summed E-state index contributed by atoms with van der Waals surface area (Å²) < 4.78 is 16.0. The van der Waals surface area contributed by atoms with E-state index in [1.807, 2.05) is 6.07 Å². The van der Waals surface area contributed by atoms with Gasteiger partial charge in [-0.1, -0.05) is 6.92 Å². The van der Waals surface area contributed by atoms with Crippen LogP contribution >= 0.6 is 0 Å². The molecule has 1 fully saturated rings. The van der Waals surface area contributed by atoms with Crippen LogP contribution in [0.1, 0.15) is 43.1 Å². The molecule has 0 aliphatic carbocycles. The van der Waals surface area contributed by atoms with Gasteiger partial charge in [0.05, 0.1) is 33.2 Å². The van der Waals surface area contributed by atoms with Gasteiger partial charge in [-0.3, -0.25) is 4.79 Å². The third-order valence-corrected chi connectivity index (χ3v) is 5.33. The lowest BCUT2D eigenvalue weighted by atomic mass is 9.99. The number of piperidine rings is 1. The van der Waals surface area contributed by atoms with Crippen molar-refractivity contribution >= 4 is 17.3 Å². The van der Waals surface area contributed by atoms with Gasteiger partial charge in [0.25, 0.3) is 5.91 Å². The number of amides is 1. The number of anilines is 2. The summed E-state index contributed by atoms with van der Waals surface area (Å²) in [6, 6.07) is 7.67. The van der Waals surface area contributed by atoms with Crippen molar-refractivity contribution in [1.29, 1.82) is 0 Å². The van der Waals surface area contributed by atoms with E-state index in [0.717, 1.165) is 18.7 Å². The van der Waals surface area contributed by atoms with Crippen molar-refractivity contribution in [3.8, 4) is 17.2 Å². The Bertz CT molecular complexity index is 813. The molecule has 2 heterocycles. The van der Waals surface area contributed by atoms with Crippen molar-refractivity contribution in [3.05, 3.63) is 36.2 Å². The standard InChI is InChI=1S/C22H29N3O4/c1-5-16-8-6-7-11-25(16)17-9-10-18(23-14-17)22(26)24-15-12-19(27-2)21(29-4)20(13-15)28-3/h9-10,12-14,16H,5-8,11H2,1-4H3,(H,24,26). The van der Waals surface area contributed by atoms with Crippen molar-refractivity contribution in [2.24, 2.45) is 0 Å². The second-order valence-electron chi connectivity index (χ2n) is 7.02. The quantitative estimate of drug-likeness (QED) is 0.755. The number of hydrogen-bond donors (Lipinski definition) is 1. The van der Waals surface area contributed by atoms with Gasteiger partial charge in [-0.05, 0) is 37.8 Å². The summed E-state index contributed by atoms with van der Waals surface area (Å²) in [5, 5.41) is 2.85. The maximum Gasteiger partial charge on any atom is 0.274 e. The van der Waals surface area contributed by atoms with E-state index in [2.05, 4.69) is 22.1 Å². The number of aromatic nitrogens is 1. The SMILES string of the molecule is CCC1CCCCN1c1ccc(C(=O)Nc2cc(OC)c(OC)c(OC)c2)nc1. The fourth-order valence-corrected chi connectivity index (χ4v) is 3.80. The van der Waals surface area contributed by atoms with Crippen LogP contribution < -0.4 is 24.4 Å². The number of carbonyl (C=O) groups excluding carboxylic acids is 1. The number of nitrogens with one attached hydrogen (secondary N) is 1. The molecule has 1 aliphatic heterocycles. The summed E-state index contributed by atoms with van der Waals surface area (Å²) in [5.74, 6) is 1.13. The van der Waals surface area contributed by atoms with Crippen LogP contribution in [0.3, 0.4) is 0 Å². The molecule has 0 bridgehead atoms. The van der Waals surface area contributed by atoms with Crippen LogP contribution in [0.15, 0.2) is 30.5 Å². The summed E-state index contributed by atoms with van der Waals surface area (Å²) in [5.41, 5.74) is 1.96. The zero-order valence-electron chi connectivity index (χ0n) is 17.5. The molecule has 1 aliphatic rings. The normalized spacial score (nSPS) is 16.3. The lowest BCUT2D eigenvalue weighted by Gasteiger charge is -2.37. The van der Waals surface area contributed by atoms with E-state index in [1.54, 1.807) is 24.4 Å². The van der Waals surface area contributed by atoms with Crippen molar-refractivity contribution in [1.82, 2.24) is 4.98 Å². The van der Waals surface area contributed by atoms with Crippen molar-refractivity contribution in [3.63, 3.8) is 0 Å². The highest BCUT2D eigenvalue weighted by atomic mass is 16.5. The Kier molecular flexibility index (Phi) is 6.80. The number of pyridine rings is 1. The summed E-state index contributed by atoms with van der Waals surface area (Å²) in [6.45, 7) is 3.26. The molecule has 1 unspecified atom stereocenters. The predicted molar refractivity (Wildman–Crippen MR) is 114 cm³/mol. The predicted octanol–water partition coefficient (Wildman–Crippen LogP) is 4.13. The third kappa shape index (κ3) is 4.55. The van der Waals surface area contributed by atoms with Gasteiger partial charge in [0, 0.05) is 30.4 Å². The minimum atomic E-state index is -0.295. The van der Waals surface area contributed by atoms with E-state index in [-0.39, 0.29) is 5.91 Å². The van der Waals surface area contributed by atoms with Crippen LogP contribution in [0.4, 0.5) is 11.4 Å². The van der Waals surface area contributed by atoms with Crippen LogP contribution in [0.2, 0.25) is 0 Å². The van der Waals surface area contributed by atoms with Crippen molar-refractivity contribution < 1.29 is 19.0 Å². The average molecular weight is 399 g/mol. The first-order valence-electron chi connectivity index (χ1n) is 9.95. The molecule has 0 spiro atoms. The molecule has 7 nitrogen and oxygen atoms in total. The molecule has 3 rings (SSSR count). The zero-order chi connectivity index (χ0) is 20.8. The third-order valence-electron chi connectivity index (χ3n) is 5.33. The van der Waals surface area contributed by atoms with Crippen LogP contribution in [0.5, 0.6) is 17.2 Å². The minimum absolute atomic E-state index is 0.295. The Morgan fingerprint density at radius 3 is 2.41 bits per heavy atom. The molecular weight excluding hydrogens is 370 g/mol. The zero-order valence-corrected chi connectivity index (χ0v) is 17.5. The molecule has 1 aromatic heterocycles. The molecule has 1 N–H and O–H groups in total. The maximum atomic E-state index is 12.7. The van der Waals surface area contributed by atoms with E-state index in [1.165, 1.54) is 40.6 Å². The largest absolute Gasteiger partial charge is 0.493 e. The molecule has 2 aromatic rings. The van der Waals surface area contributed by atoms with Crippen molar-refractivity contribution in [2.45, 2.75) is 38.6 Å². The van der Waals surface area contributed by atoms with Gasteiger partial charge in [0.2, 0.25) is 5.75 Å². The molecule has 0 radical (unpaired) electrons. The lowest BCUT2D eigenvalue weighted by molar-refractivity contribution is 0.102. The number of benzene rings is 1. The highest BCUT2D eigenvalue weighted by Crippen LogP contribution is 2.40. The lowest BCUT2D eigenvalue weighted by Crippen LogP contribution is -2.39. The highest BCUT2D eigenvalue weighted by Gasteiger charge is 2.22. The molecule has 29 heavy (non-hydrogen) atoms. The number of nitrogens with zero attached hydrogens (tertiary/aromatic N) is 2. The number of hydrogen-bond acceptors (Lipinski definition) is 6. The summed E-state index contributed by atoms with van der Waals surface area (Å²) in [4.78, 5) is 19.5. The summed E-state index contributed by atoms with van der Waals surface area (Å²) in [6.07, 6.45) is 6.58. The van der Waals surface area contributed by atoms with Crippen LogP contribution in [0, 0.1) is 0 Å². The first kappa shape index (κ1) is 20.8. The van der Waals surface area contributed by atoms with Crippen LogP contribution in [-0.4, -0.2) is 44.8 Å². The molecule has 7 heteroatoms. The summed E-state index contributed by atoms with van der Waals surface area (Å²) >= 11 is 0. The smallest absolute Gasteiger partial charge is 0.274 e. The number of ether oxygens (including phenoxy) is 3. The Morgan fingerprint density at radius 1 is 1.14 bits per heavy atom. The van der Waals surface area contributed by atoms with Gasteiger partial charge < -0.3 is 24.4 Å². The number of rotatable bonds is 7. The molecule has 1 saturated heterocycles. The molecule has 1 atom stereocenters. The Morgan fingerprint density at radius 2 is 1.86 bits per heavy atom. The summed E-state index contributed by atoms with van der Waals surface area (Å²) in [7, 11) is 4.61. The highest BCUT2D eigenvalue weighted by molar-refractivity contribution is 6.03. The first-order valence-corrected chi connectivity index (χ1v) is 9.95. The molecular formula is C22H29N3O4. The Labute approximate surface area is 172 Å². The monoisotopic (exact) mass is 399 g/mol. The molecule has 1 aromatic carbocycles. The second kappa shape index (κ2) is 9.49. The second-order valence-corrected chi connectivity index (χ2v) is 7.02. The first-order chi connectivity index (χ1) is 14.1. The fourth-order valence-electron chi connectivity index (χ4n) is 3.80. The van der Waals surface area contributed by atoms with Gasteiger partial charge >= 0.3 is 0 Å². The minimum Gasteiger partial charge on any atom is -0.493 e. The maximum absolute atomic E-state index is 12.7. The van der Waals surface area contributed by atoms with E-state index >= 15 is 0 Å². The molecule has 1 amide bonds. The fraction of sp³-hybridized carbons (Fsp3) is 0.455. The van der Waals surface area contributed by atoms with Gasteiger partial charge in [0.1, 0.15) is 5.69 Å². The number of carbonyl (C=O) groups is 1.